The van der Waals surface area contributed by atoms with Crippen LogP contribution in [-0.2, 0) is 6.54 Å². The molecule has 0 amide bonds. The maximum absolute atomic E-state index is 8.86. The van der Waals surface area contributed by atoms with Crippen LogP contribution in [0.25, 0.3) is 0 Å². The minimum atomic E-state index is 0.598. The second kappa shape index (κ2) is 4.62. The fraction of sp³-hybridized carbons (Fsp3) is 0.154. The molecule has 1 aromatic carbocycles. The molecule has 1 aromatic heterocycles. The first-order valence-corrected chi connectivity index (χ1v) is 5.24. The minimum Gasteiger partial charge on any atom is -0.467 e. The Labute approximate surface area is 99.9 Å². The highest BCUT2D eigenvalue weighted by Crippen LogP contribution is 2.24. The summed E-state index contributed by atoms with van der Waals surface area (Å²) >= 11 is 0. The van der Waals surface area contributed by atoms with Gasteiger partial charge < -0.3 is 15.1 Å². The maximum atomic E-state index is 8.86. The first-order valence-electron chi connectivity index (χ1n) is 5.24. The number of nitrogen functional groups attached to an aromatic ring is 1. The van der Waals surface area contributed by atoms with E-state index in [4.69, 9.17) is 15.4 Å². The van der Waals surface area contributed by atoms with Gasteiger partial charge >= 0.3 is 0 Å². The third kappa shape index (κ3) is 2.40. The number of nitrogens with zero attached hydrogens (tertiary/aromatic N) is 2. The summed E-state index contributed by atoms with van der Waals surface area (Å²) in [5, 5.41) is 8.86. The van der Waals surface area contributed by atoms with Crippen LogP contribution in [-0.4, -0.2) is 7.05 Å². The van der Waals surface area contributed by atoms with Crippen LogP contribution in [0.15, 0.2) is 41.0 Å². The SMILES string of the molecule is CN(Cc1ccco1)c1cc(C#N)ccc1N. The van der Waals surface area contributed by atoms with E-state index >= 15 is 0 Å². The molecule has 0 saturated carbocycles. The van der Waals surface area contributed by atoms with Crippen molar-refractivity contribution < 1.29 is 4.42 Å². The summed E-state index contributed by atoms with van der Waals surface area (Å²) in [6.07, 6.45) is 1.64. The molecule has 0 atom stereocenters. The van der Waals surface area contributed by atoms with Crippen LogP contribution in [0.4, 0.5) is 11.4 Å². The molecular weight excluding hydrogens is 214 g/mol. The summed E-state index contributed by atoms with van der Waals surface area (Å²) in [5.41, 5.74) is 7.97. The molecule has 4 heteroatoms. The van der Waals surface area contributed by atoms with Crippen LogP contribution >= 0.6 is 0 Å². The van der Waals surface area contributed by atoms with Crippen LogP contribution in [0.1, 0.15) is 11.3 Å². The van der Waals surface area contributed by atoms with Crippen LogP contribution in [0, 0.1) is 11.3 Å². The zero-order valence-corrected chi connectivity index (χ0v) is 9.55. The predicted molar refractivity (Wildman–Crippen MR) is 66.4 cm³/mol. The van der Waals surface area contributed by atoms with Gasteiger partial charge in [0.05, 0.1) is 35.8 Å². The molecule has 17 heavy (non-hydrogen) atoms. The van der Waals surface area contributed by atoms with Gasteiger partial charge in [-0.3, -0.25) is 0 Å². The zero-order chi connectivity index (χ0) is 12.3. The number of nitrogens with two attached hydrogens (primary N) is 1. The summed E-state index contributed by atoms with van der Waals surface area (Å²) in [5.74, 6) is 0.856. The molecule has 0 spiro atoms. The van der Waals surface area contributed by atoms with Crippen molar-refractivity contribution in [3.05, 3.63) is 47.9 Å². The third-order valence-corrected chi connectivity index (χ3v) is 2.54. The number of furan rings is 1. The molecule has 2 aromatic rings. The van der Waals surface area contributed by atoms with Crippen LogP contribution in [0.3, 0.4) is 0 Å². The Morgan fingerprint density at radius 3 is 2.88 bits per heavy atom. The second-order valence-corrected chi connectivity index (χ2v) is 3.82. The molecule has 0 unspecified atom stereocenters. The van der Waals surface area contributed by atoms with E-state index < -0.39 is 0 Å². The number of benzene rings is 1. The molecule has 0 aliphatic carbocycles. The average molecular weight is 227 g/mol. The number of nitriles is 1. The molecule has 0 saturated heterocycles. The lowest BCUT2D eigenvalue weighted by molar-refractivity contribution is 0.507. The van der Waals surface area contributed by atoms with Gasteiger partial charge in [-0.25, -0.2) is 0 Å². The van der Waals surface area contributed by atoms with E-state index in [0.29, 0.717) is 17.8 Å². The van der Waals surface area contributed by atoms with Crippen molar-refractivity contribution in [2.75, 3.05) is 17.7 Å². The van der Waals surface area contributed by atoms with E-state index in [2.05, 4.69) is 6.07 Å². The molecule has 0 aliphatic heterocycles. The van der Waals surface area contributed by atoms with Crippen LogP contribution in [0.5, 0.6) is 0 Å². The summed E-state index contributed by atoms with van der Waals surface area (Å²) < 4.78 is 5.27. The maximum Gasteiger partial charge on any atom is 0.123 e. The van der Waals surface area contributed by atoms with Crippen molar-refractivity contribution in [1.82, 2.24) is 0 Å². The normalized spacial score (nSPS) is 9.88. The molecule has 86 valence electrons. The Morgan fingerprint density at radius 2 is 2.24 bits per heavy atom. The lowest BCUT2D eigenvalue weighted by Crippen LogP contribution is -2.17. The third-order valence-electron chi connectivity index (χ3n) is 2.54. The van der Waals surface area contributed by atoms with Gasteiger partial charge in [-0.2, -0.15) is 5.26 Å². The monoisotopic (exact) mass is 227 g/mol. The van der Waals surface area contributed by atoms with Crippen molar-refractivity contribution in [3.63, 3.8) is 0 Å². The lowest BCUT2D eigenvalue weighted by atomic mass is 10.1. The Kier molecular flexibility index (Phi) is 3.01. The minimum absolute atomic E-state index is 0.598. The Bertz CT molecular complexity index is 540. The Balaban J connectivity index is 2.24. The molecule has 2 rings (SSSR count). The van der Waals surface area contributed by atoms with Crippen LogP contribution < -0.4 is 10.6 Å². The van der Waals surface area contributed by atoms with Gasteiger partial charge in [0.15, 0.2) is 0 Å². The molecule has 2 N–H and O–H groups in total. The highest BCUT2D eigenvalue weighted by molar-refractivity contribution is 5.69. The van der Waals surface area contributed by atoms with Crippen molar-refractivity contribution in [1.29, 1.82) is 5.26 Å². The Hall–Kier alpha value is -2.41. The van der Waals surface area contributed by atoms with Gasteiger partial charge in [0.25, 0.3) is 0 Å². The highest BCUT2D eigenvalue weighted by atomic mass is 16.3. The van der Waals surface area contributed by atoms with Gasteiger partial charge in [-0.1, -0.05) is 0 Å². The predicted octanol–water partition coefficient (Wildman–Crippen LogP) is 2.37. The summed E-state index contributed by atoms with van der Waals surface area (Å²) in [4.78, 5) is 1.95. The van der Waals surface area contributed by atoms with E-state index in [-0.39, 0.29) is 0 Å². The van der Waals surface area contributed by atoms with Gasteiger partial charge in [0, 0.05) is 7.05 Å². The molecule has 0 aliphatic rings. The summed E-state index contributed by atoms with van der Waals surface area (Å²) in [6, 6.07) is 11.1. The molecule has 0 bridgehead atoms. The molecule has 1 heterocycles. The van der Waals surface area contributed by atoms with E-state index in [1.165, 1.54) is 0 Å². The summed E-state index contributed by atoms with van der Waals surface area (Å²) in [7, 11) is 1.91. The van der Waals surface area contributed by atoms with E-state index in [1.54, 1.807) is 24.5 Å². The summed E-state index contributed by atoms with van der Waals surface area (Å²) in [6.45, 7) is 0.617. The molecule has 0 radical (unpaired) electrons. The second-order valence-electron chi connectivity index (χ2n) is 3.82. The number of anilines is 2. The first-order chi connectivity index (χ1) is 8.20. The fourth-order valence-corrected chi connectivity index (χ4v) is 1.67. The van der Waals surface area contributed by atoms with Gasteiger partial charge in [-0.15, -0.1) is 0 Å². The number of hydrogen-bond donors (Lipinski definition) is 1. The standard InChI is InChI=1S/C13H13N3O/c1-16(9-11-3-2-6-17-11)13-7-10(8-14)4-5-12(13)15/h2-7H,9,15H2,1H3. The fourth-order valence-electron chi connectivity index (χ4n) is 1.67. The topological polar surface area (TPSA) is 66.2 Å². The first kappa shape index (κ1) is 11.1. The van der Waals surface area contributed by atoms with Crippen molar-refractivity contribution in [3.8, 4) is 6.07 Å². The van der Waals surface area contributed by atoms with Gasteiger partial charge in [0.2, 0.25) is 0 Å². The number of hydrogen-bond acceptors (Lipinski definition) is 4. The van der Waals surface area contributed by atoms with Crippen molar-refractivity contribution in [2.45, 2.75) is 6.54 Å². The van der Waals surface area contributed by atoms with Crippen molar-refractivity contribution >= 4 is 11.4 Å². The van der Waals surface area contributed by atoms with E-state index in [0.717, 1.165) is 11.4 Å². The molecule has 4 nitrogen and oxygen atoms in total. The quantitative estimate of drug-likeness (QED) is 0.817. The van der Waals surface area contributed by atoms with Gasteiger partial charge in [0.1, 0.15) is 5.76 Å². The van der Waals surface area contributed by atoms with Crippen molar-refractivity contribution in [2.24, 2.45) is 0 Å². The number of rotatable bonds is 3. The van der Waals surface area contributed by atoms with E-state index in [9.17, 15) is 0 Å². The van der Waals surface area contributed by atoms with Crippen LogP contribution in [0.2, 0.25) is 0 Å². The smallest absolute Gasteiger partial charge is 0.123 e. The lowest BCUT2D eigenvalue weighted by Gasteiger charge is -2.20. The Morgan fingerprint density at radius 1 is 1.41 bits per heavy atom. The largest absolute Gasteiger partial charge is 0.467 e. The van der Waals surface area contributed by atoms with E-state index in [1.807, 2.05) is 24.1 Å². The molecular formula is C13H13N3O. The van der Waals surface area contributed by atoms with Gasteiger partial charge in [-0.05, 0) is 30.3 Å². The average Bonchev–Trinajstić information content (AvgIpc) is 2.82. The zero-order valence-electron chi connectivity index (χ0n) is 9.55. The highest BCUT2D eigenvalue weighted by Gasteiger charge is 2.08. The molecule has 0 fully saturated rings.